The fourth-order valence-corrected chi connectivity index (χ4v) is 0.911. The van der Waals surface area contributed by atoms with E-state index >= 15 is 0 Å². The van der Waals surface area contributed by atoms with Gasteiger partial charge in [-0.25, -0.2) is 0 Å². The van der Waals surface area contributed by atoms with Crippen molar-refractivity contribution in [2.75, 3.05) is 6.54 Å². The van der Waals surface area contributed by atoms with E-state index in [9.17, 15) is 14.9 Å². The summed E-state index contributed by atoms with van der Waals surface area (Å²) >= 11 is 0. The Kier molecular flexibility index (Phi) is 4.54. The van der Waals surface area contributed by atoms with Crippen LogP contribution in [-0.4, -0.2) is 17.4 Å². The van der Waals surface area contributed by atoms with E-state index in [4.69, 9.17) is 4.74 Å². The van der Waals surface area contributed by atoms with Crippen molar-refractivity contribution in [1.29, 1.82) is 0 Å². The molecular formula is C11H9NO4. The second-order valence-electron chi connectivity index (χ2n) is 2.81. The van der Waals surface area contributed by atoms with Gasteiger partial charge in [0, 0.05) is 4.92 Å². The maximum atomic E-state index is 11.2. The number of hydrogen-bond acceptors (Lipinski definition) is 4. The first-order chi connectivity index (χ1) is 7.68. The molecule has 0 atom stereocenters. The first kappa shape index (κ1) is 11.7. The highest BCUT2D eigenvalue weighted by atomic mass is 16.6. The molecule has 5 heteroatoms. The molecule has 0 aliphatic heterocycles. The van der Waals surface area contributed by atoms with Crippen molar-refractivity contribution in [2.24, 2.45) is 0 Å². The fourth-order valence-electron chi connectivity index (χ4n) is 0.911. The first-order valence-electron chi connectivity index (χ1n) is 4.52. The maximum Gasteiger partial charge on any atom is 0.323 e. The lowest BCUT2D eigenvalue weighted by Gasteiger charge is -1.99. The smallest absolute Gasteiger partial charge is 0.323 e. The van der Waals surface area contributed by atoms with E-state index in [-0.39, 0.29) is 6.42 Å². The van der Waals surface area contributed by atoms with Crippen LogP contribution < -0.4 is 4.74 Å². The Bertz CT molecular complexity index is 430. The summed E-state index contributed by atoms with van der Waals surface area (Å²) in [6.45, 7) is -0.460. The molecule has 16 heavy (non-hydrogen) atoms. The number of nitro groups is 1. The zero-order valence-electron chi connectivity index (χ0n) is 8.38. The van der Waals surface area contributed by atoms with Crippen LogP contribution in [0, 0.1) is 22.0 Å². The second-order valence-corrected chi connectivity index (χ2v) is 2.81. The second kappa shape index (κ2) is 6.19. The molecule has 82 valence electrons. The van der Waals surface area contributed by atoms with E-state index in [1.807, 2.05) is 0 Å². The minimum absolute atomic E-state index is 0.150. The van der Waals surface area contributed by atoms with Crippen molar-refractivity contribution in [2.45, 2.75) is 6.42 Å². The molecule has 0 heterocycles. The van der Waals surface area contributed by atoms with E-state index in [2.05, 4.69) is 11.8 Å². The first-order valence-corrected chi connectivity index (χ1v) is 4.52. The summed E-state index contributed by atoms with van der Waals surface area (Å²) in [5.74, 6) is 4.53. The van der Waals surface area contributed by atoms with Gasteiger partial charge in [-0.2, -0.15) is 0 Å². The van der Waals surface area contributed by atoms with Gasteiger partial charge < -0.3 is 4.74 Å². The molecule has 0 bridgehead atoms. The summed E-state index contributed by atoms with van der Waals surface area (Å²) in [7, 11) is 0. The summed E-state index contributed by atoms with van der Waals surface area (Å²) in [4.78, 5) is 20.5. The lowest BCUT2D eigenvalue weighted by molar-refractivity contribution is -0.466. The zero-order valence-corrected chi connectivity index (χ0v) is 8.38. The highest BCUT2D eigenvalue weighted by molar-refractivity contribution is 5.74. The predicted molar refractivity (Wildman–Crippen MR) is 56.3 cm³/mol. The normalized spacial score (nSPS) is 8.75. The topological polar surface area (TPSA) is 69.4 Å². The minimum Gasteiger partial charge on any atom is -0.426 e. The number of esters is 1. The molecule has 0 amide bonds. The standard InChI is InChI=1S/C11H9NO4/c13-11(8-4-5-9-12(14)15)16-10-6-2-1-3-7-10/h1-3,6-7H,8-9H2. The van der Waals surface area contributed by atoms with Crippen molar-refractivity contribution < 1.29 is 14.5 Å². The van der Waals surface area contributed by atoms with Gasteiger partial charge in [-0.3, -0.25) is 14.9 Å². The molecule has 1 rings (SSSR count). The number of para-hydroxylation sites is 1. The van der Waals surface area contributed by atoms with Crippen LogP contribution in [0.25, 0.3) is 0 Å². The molecule has 5 nitrogen and oxygen atoms in total. The maximum absolute atomic E-state index is 11.2. The quantitative estimate of drug-likeness (QED) is 0.252. The summed E-state index contributed by atoms with van der Waals surface area (Å²) < 4.78 is 4.91. The molecule has 0 aliphatic rings. The van der Waals surface area contributed by atoms with Gasteiger partial charge in [-0.1, -0.05) is 24.1 Å². The van der Waals surface area contributed by atoms with Crippen LogP contribution in [0.1, 0.15) is 6.42 Å². The number of ether oxygens (including phenoxy) is 1. The van der Waals surface area contributed by atoms with E-state index in [1.165, 1.54) is 0 Å². The molecule has 0 saturated heterocycles. The third-order valence-corrected chi connectivity index (χ3v) is 1.54. The van der Waals surface area contributed by atoms with Gasteiger partial charge >= 0.3 is 5.97 Å². The van der Waals surface area contributed by atoms with Gasteiger partial charge in [0.25, 0.3) is 6.54 Å². The van der Waals surface area contributed by atoms with Gasteiger partial charge in [0.05, 0.1) is 0 Å². The number of carbonyl (C=O) groups is 1. The Labute approximate surface area is 92.2 Å². The van der Waals surface area contributed by atoms with E-state index in [0.717, 1.165) is 0 Å². The molecule has 1 aromatic rings. The third kappa shape index (κ3) is 4.77. The van der Waals surface area contributed by atoms with Crippen molar-refractivity contribution >= 4 is 5.97 Å². The molecule has 1 aromatic carbocycles. The Balaban J connectivity index is 2.36. The van der Waals surface area contributed by atoms with Crippen LogP contribution in [-0.2, 0) is 4.79 Å². The van der Waals surface area contributed by atoms with E-state index < -0.39 is 17.4 Å². The van der Waals surface area contributed by atoms with Gasteiger partial charge in [-0.15, -0.1) is 0 Å². The van der Waals surface area contributed by atoms with Crippen molar-refractivity contribution in [3.05, 3.63) is 40.4 Å². The largest absolute Gasteiger partial charge is 0.426 e. The summed E-state index contributed by atoms with van der Waals surface area (Å²) in [5.41, 5.74) is 0. The molecule has 0 aliphatic carbocycles. The lowest BCUT2D eigenvalue weighted by Crippen LogP contribution is -2.06. The Morgan fingerprint density at radius 1 is 1.31 bits per heavy atom. The summed E-state index contributed by atoms with van der Waals surface area (Å²) in [6, 6.07) is 8.56. The monoisotopic (exact) mass is 219 g/mol. The number of rotatable bonds is 3. The van der Waals surface area contributed by atoms with E-state index in [1.54, 1.807) is 30.3 Å². The molecular weight excluding hydrogens is 210 g/mol. The van der Waals surface area contributed by atoms with Gasteiger partial charge in [0.15, 0.2) is 0 Å². The van der Waals surface area contributed by atoms with Crippen molar-refractivity contribution in [3.63, 3.8) is 0 Å². The zero-order chi connectivity index (χ0) is 11.8. The van der Waals surface area contributed by atoms with Crippen LogP contribution in [0.15, 0.2) is 30.3 Å². The van der Waals surface area contributed by atoms with Crippen LogP contribution in [0.2, 0.25) is 0 Å². The van der Waals surface area contributed by atoms with Crippen LogP contribution >= 0.6 is 0 Å². The third-order valence-electron chi connectivity index (χ3n) is 1.54. The van der Waals surface area contributed by atoms with Crippen molar-refractivity contribution in [1.82, 2.24) is 0 Å². The molecule has 0 N–H and O–H groups in total. The van der Waals surface area contributed by atoms with Crippen LogP contribution in [0.5, 0.6) is 5.75 Å². The molecule has 0 spiro atoms. The number of benzene rings is 1. The highest BCUT2D eigenvalue weighted by Gasteiger charge is 2.01. The summed E-state index contributed by atoms with van der Waals surface area (Å²) in [6.07, 6.45) is -0.150. The van der Waals surface area contributed by atoms with Crippen LogP contribution in [0.3, 0.4) is 0 Å². The molecule has 0 radical (unpaired) electrons. The van der Waals surface area contributed by atoms with Gasteiger partial charge in [-0.05, 0) is 18.1 Å². The van der Waals surface area contributed by atoms with Gasteiger partial charge in [0.1, 0.15) is 12.2 Å². The minimum atomic E-state index is -0.560. The van der Waals surface area contributed by atoms with E-state index in [0.29, 0.717) is 5.75 Å². The Morgan fingerprint density at radius 3 is 2.62 bits per heavy atom. The number of carbonyl (C=O) groups excluding carboxylic acids is 1. The lowest BCUT2D eigenvalue weighted by atomic mass is 10.3. The molecule has 0 fully saturated rings. The SMILES string of the molecule is O=C(CC#CC[N+](=O)[O-])Oc1ccccc1. The number of hydrogen-bond donors (Lipinski definition) is 0. The fraction of sp³-hybridized carbons (Fsp3) is 0.182. The van der Waals surface area contributed by atoms with Crippen molar-refractivity contribution in [3.8, 4) is 17.6 Å². The molecule has 0 aromatic heterocycles. The van der Waals surface area contributed by atoms with Gasteiger partial charge in [0.2, 0.25) is 0 Å². The Morgan fingerprint density at radius 2 is 2.00 bits per heavy atom. The average molecular weight is 219 g/mol. The Hall–Kier alpha value is -2.35. The number of nitrogens with zero attached hydrogens (tertiary/aromatic N) is 1. The molecule has 0 unspecified atom stereocenters. The van der Waals surface area contributed by atoms with Crippen LogP contribution in [0.4, 0.5) is 0 Å². The average Bonchev–Trinajstić information content (AvgIpc) is 2.25. The summed E-state index contributed by atoms with van der Waals surface area (Å²) in [5, 5.41) is 9.92. The highest BCUT2D eigenvalue weighted by Crippen LogP contribution is 2.08. The predicted octanol–water partition coefficient (Wildman–Crippen LogP) is 1.26. The molecule has 0 saturated carbocycles.